The maximum Gasteiger partial charge on any atom is 0.307 e. The first kappa shape index (κ1) is 13.4. The molecule has 1 aliphatic carbocycles. The Morgan fingerprint density at radius 3 is 2.67 bits per heavy atom. The summed E-state index contributed by atoms with van der Waals surface area (Å²) >= 11 is 0. The Kier molecular flexibility index (Phi) is 3.43. The van der Waals surface area contributed by atoms with Gasteiger partial charge in [-0.3, -0.25) is 9.59 Å². The summed E-state index contributed by atoms with van der Waals surface area (Å²) in [4.78, 5) is 29.2. The summed E-state index contributed by atoms with van der Waals surface area (Å²) in [6.45, 7) is 0. The van der Waals surface area contributed by atoms with E-state index < -0.39 is 5.97 Å². The quantitative estimate of drug-likeness (QED) is 0.877. The van der Waals surface area contributed by atoms with E-state index in [1.165, 1.54) is 6.07 Å². The SMILES string of the molecule is O=C(O)Cc1ccc(Oc2cc(=O)[nH]c(C3CC3)n2)cc1. The highest BCUT2D eigenvalue weighted by atomic mass is 16.5. The Morgan fingerprint density at radius 2 is 2.05 bits per heavy atom. The Morgan fingerprint density at radius 1 is 1.33 bits per heavy atom. The lowest BCUT2D eigenvalue weighted by atomic mass is 10.1. The summed E-state index contributed by atoms with van der Waals surface area (Å²) in [7, 11) is 0. The fourth-order valence-electron chi connectivity index (χ4n) is 2.03. The molecular weight excluding hydrogens is 272 g/mol. The van der Waals surface area contributed by atoms with Gasteiger partial charge in [0.05, 0.1) is 12.5 Å². The zero-order chi connectivity index (χ0) is 14.8. The zero-order valence-corrected chi connectivity index (χ0v) is 11.2. The number of rotatable bonds is 5. The van der Waals surface area contributed by atoms with Crippen molar-refractivity contribution in [1.29, 1.82) is 0 Å². The van der Waals surface area contributed by atoms with Crippen molar-refractivity contribution < 1.29 is 14.6 Å². The van der Waals surface area contributed by atoms with Gasteiger partial charge in [-0.05, 0) is 30.5 Å². The molecule has 0 radical (unpaired) electrons. The molecule has 0 aliphatic heterocycles. The minimum atomic E-state index is -0.881. The van der Waals surface area contributed by atoms with Crippen LogP contribution >= 0.6 is 0 Å². The van der Waals surface area contributed by atoms with Crippen LogP contribution in [0.1, 0.15) is 30.1 Å². The summed E-state index contributed by atoms with van der Waals surface area (Å²) in [6, 6.07) is 7.99. The van der Waals surface area contributed by atoms with Gasteiger partial charge in [-0.25, -0.2) is 0 Å². The van der Waals surface area contributed by atoms with E-state index in [9.17, 15) is 9.59 Å². The predicted octanol–water partition coefficient (Wildman–Crippen LogP) is 2.07. The van der Waals surface area contributed by atoms with E-state index in [0.717, 1.165) is 12.8 Å². The normalized spacial score (nSPS) is 13.9. The van der Waals surface area contributed by atoms with Gasteiger partial charge in [0.2, 0.25) is 5.88 Å². The third-order valence-electron chi connectivity index (χ3n) is 3.20. The number of hydrogen-bond acceptors (Lipinski definition) is 4. The summed E-state index contributed by atoms with van der Waals surface area (Å²) in [5.41, 5.74) is 0.455. The van der Waals surface area contributed by atoms with Crippen molar-refractivity contribution in [3.63, 3.8) is 0 Å². The number of ether oxygens (including phenoxy) is 1. The molecule has 3 rings (SSSR count). The zero-order valence-electron chi connectivity index (χ0n) is 11.2. The molecule has 0 amide bonds. The third kappa shape index (κ3) is 3.47. The summed E-state index contributed by atoms with van der Waals surface area (Å²) in [6.07, 6.45) is 2.04. The van der Waals surface area contributed by atoms with E-state index in [1.807, 2.05) is 0 Å². The monoisotopic (exact) mass is 286 g/mol. The highest BCUT2D eigenvalue weighted by Crippen LogP contribution is 2.38. The Balaban J connectivity index is 1.76. The number of benzene rings is 1. The average molecular weight is 286 g/mol. The maximum absolute atomic E-state index is 11.6. The van der Waals surface area contributed by atoms with Gasteiger partial charge in [-0.1, -0.05) is 12.1 Å². The van der Waals surface area contributed by atoms with Gasteiger partial charge in [0, 0.05) is 5.92 Å². The van der Waals surface area contributed by atoms with Crippen LogP contribution in [0.2, 0.25) is 0 Å². The molecule has 0 atom stereocenters. The van der Waals surface area contributed by atoms with Crippen LogP contribution in [0, 0.1) is 0 Å². The molecule has 2 aromatic rings. The van der Waals surface area contributed by atoms with Crippen LogP contribution in [-0.2, 0) is 11.2 Å². The molecule has 6 heteroatoms. The standard InChI is InChI=1S/C15H14N2O4/c18-12-8-13(17-15(16-12)10-3-4-10)21-11-5-1-9(2-6-11)7-14(19)20/h1-2,5-6,8,10H,3-4,7H2,(H,19,20)(H,16,17,18). The Labute approximate surface area is 120 Å². The minimum Gasteiger partial charge on any atom is -0.481 e. The van der Waals surface area contributed by atoms with E-state index in [-0.39, 0.29) is 17.9 Å². The van der Waals surface area contributed by atoms with Crippen LogP contribution in [0.25, 0.3) is 0 Å². The maximum atomic E-state index is 11.6. The van der Waals surface area contributed by atoms with Gasteiger partial charge in [-0.15, -0.1) is 0 Å². The van der Waals surface area contributed by atoms with Crippen molar-refractivity contribution >= 4 is 5.97 Å². The van der Waals surface area contributed by atoms with E-state index in [0.29, 0.717) is 23.1 Å². The molecule has 1 aromatic heterocycles. The van der Waals surface area contributed by atoms with E-state index in [4.69, 9.17) is 9.84 Å². The van der Waals surface area contributed by atoms with Crippen LogP contribution in [0.3, 0.4) is 0 Å². The van der Waals surface area contributed by atoms with Gasteiger partial charge >= 0.3 is 5.97 Å². The first-order valence-electron chi connectivity index (χ1n) is 6.70. The molecule has 1 aromatic carbocycles. The number of carboxylic acids is 1. The molecule has 0 unspecified atom stereocenters. The molecule has 108 valence electrons. The van der Waals surface area contributed by atoms with Crippen molar-refractivity contribution in [3.8, 4) is 11.6 Å². The van der Waals surface area contributed by atoms with Crippen molar-refractivity contribution in [2.45, 2.75) is 25.2 Å². The second-order valence-electron chi connectivity index (χ2n) is 5.06. The molecule has 0 bridgehead atoms. The first-order valence-corrected chi connectivity index (χ1v) is 6.70. The topological polar surface area (TPSA) is 92.3 Å². The van der Waals surface area contributed by atoms with Gasteiger partial charge < -0.3 is 14.8 Å². The number of nitrogens with one attached hydrogen (secondary N) is 1. The number of hydrogen-bond donors (Lipinski definition) is 2. The molecule has 0 saturated heterocycles. The van der Waals surface area contributed by atoms with Crippen LogP contribution in [-0.4, -0.2) is 21.0 Å². The number of aromatic amines is 1. The molecule has 1 saturated carbocycles. The molecule has 1 aliphatic rings. The highest BCUT2D eigenvalue weighted by molar-refractivity contribution is 5.70. The van der Waals surface area contributed by atoms with E-state index in [1.54, 1.807) is 24.3 Å². The van der Waals surface area contributed by atoms with Gasteiger partial charge in [0.15, 0.2) is 0 Å². The van der Waals surface area contributed by atoms with Gasteiger partial charge in [0.1, 0.15) is 11.6 Å². The average Bonchev–Trinajstić information content (AvgIpc) is 3.24. The molecule has 6 nitrogen and oxygen atoms in total. The smallest absolute Gasteiger partial charge is 0.307 e. The lowest BCUT2D eigenvalue weighted by Crippen LogP contribution is -2.10. The van der Waals surface area contributed by atoms with Crippen LogP contribution in [0.5, 0.6) is 11.6 Å². The predicted molar refractivity (Wildman–Crippen MR) is 74.7 cm³/mol. The molecular formula is C15H14N2O4. The van der Waals surface area contributed by atoms with Crippen molar-refractivity contribution in [1.82, 2.24) is 9.97 Å². The van der Waals surface area contributed by atoms with Gasteiger partial charge in [0.25, 0.3) is 5.56 Å². The molecule has 0 spiro atoms. The number of aromatic nitrogens is 2. The number of nitrogens with zero attached hydrogens (tertiary/aromatic N) is 1. The number of carbonyl (C=O) groups is 1. The van der Waals surface area contributed by atoms with Crippen LogP contribution in [0.15, 0.2) is 35.1 Å². The number of carboxylic acid groups (broad SMARTS) is 1. The minimum absolute atomic E-state index is 0.0324. The summed E-state index contributed by atoms with van der Waals surface area (Å²) in [5.74, 6) is 0.892. The second-order valence-corrected chi connectivity index (χ2v) is 5.06. The Hall–Kier alpha value is -2.63. The van der Waals surface area contributed by atoms with E-state index in [2.05, 4.69) is 9.97 Å². The van der Waals surface area contributed by atoms with Gasteiger partial charge in [-0.2, -0.15) is 4.98 Å². The highest BCUT2D eigenvalue weighted by Gasteiger charge is 2.26. The fraction of sp³-hybridized carbons (Fsp3) is 0.267. The Bertz CT molecular complexity index is 717. The lowest BCUT2D eigenvalue weighted by molar-refractivity contribution is -0.136. The van der Waals surface area contributed by atoms with Crippen LogP contribution in [0.4, 0.5) is 0 Å². The molecule has 1 heterocycles. The lowest BCUT2D eigenvalue weighted by Gasteiger charge is -2.06. The number of aliphatic carboxylic acids is 1. The molecule has 21 heavy (non-hydrogen) atoms. The summed E-state index contributed by atoms with van der Waals surface area (Å²) in [5, 5.41) is 8.71. The van der Waals surface area contributed by atoms with E-state index >= 15 is 0 Å². The fourth-order valence-corrected chi connectivity index (χ4v) is 2.03. The van der Waals surface area contributed by atoms with Crippen molar-refractivity contribution in [2.75, 3.05) is 0 Å². The third-order valence-corrected chi connectivity index (χ3v) is 3.20. The first-order chi connectivity index (χ1) is 10.1. The number of H-pyrrole nitrogens is 1. The van der Waals surface area contributed by atoms with Crippen LogP contribution < -0.4 is 10.3 Å². The summed E-state index contributed by atoms with van der Waals surface area (Å²) < 4.78 is 5.56. The molecule has 1 fully saturated rings. The second kappa shape index (κ2) is 5.40. The molecule has 2 N–H and O–H groups in total. The largest absolute Gasteiger partial charge is 0.481 e. The van der Waals surface area contributed by atoms with Crippen molar-refractivity contribution in [3.05, 3.63) is 52.1 Å². The van der Waals surface area contributed by atoms with Crippen molar-refractivity contribution in [2.24, 2.45) is 0 Å².